The van der Waals surface area contributed by atoms with Gasteiger partial charge in [0.05, 0.1) is 7.11 Å². The number of allylic oxidation sites excluding steroid dienone is 6. The summed E-state index contributed by atoms with van der Waals surface area (Å²) in [5.41, 5.74) is 4.17. The number of fused-ring (bicyclic) bond motifs is 1. The Bertz CT molecular complexity index is 1250. The fraction of sp³-hybridized carbons (Fsp3) is 0.467. The summed E-state index contributed by atoms with van der Waals surface area (Å²) in [6.45, 7) is 9.57. The zero-order chi connectivity index (χ0) is 26.7. The molecule has 0 amide bonds. The van der Waals surface area contributed by atoms with E-state index in [1.165, 1.54) is 18.6 Å². The molecule has 0 saturated carbocycles. The van der Waals surface area contributed by atoms with Crippen LogP contribution in [0.4, 0.5) is 8.78 Å². The average Bonchev–Trinajstić information content (AvgIpc) is 2.85. The lowest BCUT2D eigenvalue weighted by Gasteiger charge is -2.34. The summed E-state index contributed by atoms with van der Waals surface area (Å²) >= 11 is 0. The van der Waals surface area contributed by atoms with E-state index in [2.05, 4.69) is 16.8 Å². The second-order valence-corrected chi connectivity index (χ2v) is 10.3. The predicted octanol–water partition coefficient (Wildman–Crippen LogP) is 7.50. The van der Waals surface area contributed by atoms with E-state index >= 15 is 4.39 Å². The third-order valence-corrected chi connectivity index (χ3v) is 7.28. The van der Waals surface area contributed by atoms with Crippen LogP contribution >= 0.6 is 0 Å². The highest BCUT2D eigenvalue weighted by molar-refractivity contribution is 5.91. The Balaban J connectivity index is 1.91. The number of likely N-dealkylation sites (tertiary alicyclic amines) is 1. The van der Waals surface area contributed by atoms with Gasteiger partial charge in [-0.15, -0.1) is 0 Å². The van der Waals surface area contributed by atoms with Crippen molar-refractivity contribution in [2.75, 3.05) is 20.2 Å². The standard InChI is InChI=1S/C30H37F2N3O2/c1-6-24-26(31)10-9-21-14-23(36)15-25(28(21)24)29-27(32)13-19(3)12-22(16-33-29)30(34-20(4)37-5)35-11-7-8-18(2)17-35/h13-16,18,36H,6-12,17H2,1-5H3/b19-13?,29-27+,30-22-,33-16-,34-20+. The number of nitrogens with zero attached hydrogens (tertiary/aromatic N) is 3. The summed E-state index contributed by atoms with van der Waals surface area (Å²) in [4.78, 5) is 11.7. The molecule has 2 heterocycles. The van der Waals surface area contributed by atoms with Gasteiger partial charge < -0.3 is 14.7 Å². The van der Waals surface area contributed by atoms with Gasteiger partial charge in [-0.1, -0.05) is 19.4 Å². The number of aliphatic imine (C=N–C) groups is 2. The Hall–Kier alpha value is -3.22. The first-order valence-electron chi connectivity index (χ1n) is 13.1. The van der Waals surface area contributed by atoms with E-state index in [4.69, 9.17) is 9.73 Å². The zero-order valence-electron chi connectivity index (χ0n) is 22.5. The molecule has 3 aliphatic rings. The van der Waals surface area contributed by atoms with Gasteiger partial charge in [-0.2, -0.15) is 0 Å². The predicted molar refractivity (Wildman–Crippen MR) is 147 cm³/mol. The van der Waals surface area contributed by atoms with Gasteiger partial charge in [0.2, 0.25) is 0 Å². The minimum absolute atomic E-state index is 0.0175. The van der Waals surface area contributed by atoms with Crippen LogP contribution in [0, 0.1) is 5.92 Å². The normalized spacial score (nSPS) is 25.3. The van der Waals surface area contributed by atoms with Crippen molar-refractivity contribution >= 4 is 23.4 Å². The van der Waals surface area contributed by atoms with E-state index < -0.39 is 5.83 Å². The molecule has 0 bridgehead atoms. The summed E-state index contributed by atoms with van der Waals surface area (Å²) < 4.78 is 35.9. The molecule has 1 fully saturated rings. The second kappa shape index (κ2) is 11.4. The fourth-order valence-electron chi connectivity index (χ4n) is 5.47. The number of hydrogen-bond acceptors (Lipinski definition) is 5. The van der Waals surface area contributed by atoms with Gasteiger partial charge >= 0.3 is 0 Å². The molecular formula is C30H37F2N3O2. The van der Waals surface area contributed by atoms with Crippen molar-refractivity contribution < 1.29 is 18.6 Å². The number of benzene rings is 1. The van der Waals surface area contributed by atoms with Gasteiger partial charge in [0.15, 0.2) is 5.90 Å². The third kappa shape index (κ3) is 5.86. The maximum absolute atomic E-state index is 15.7. The average molecular weight is 510 g/mol. The molecule has 7 heteroatoms. The molecule has 37 heavy (non-hydrogen) atoms. The Morgan fingerprint density at radius 1 is 1.27 bits per heavy atom. The maximum Gasteiger partial charge on any atom is 0.186 e. The summed E-state index contributed by atoms with van der Waals surface area (Å²) in [5, 5.41) is 10.5. The summed E-state index contributed by atoms with van der Waals surface area (Å²) in [6, 6.07) is 3.14. The van der Waals surface area contributed by atoms with Gasteiger partial charge in [0.1, 0.15) is 28.9 Å². The molecule has 1 aromatic carbocycles. The highest BCUT2D eigenvalue weighted by atomic mass is 19.1. The molecule has 1 aliphatic carbocycles. The van der Waals surface area contributed by atoms with Crippen molar-refractivity contribution in [2.24, 2.45) is 15.9 Å². The first-order chi connectivity index (χ1) is 17.7. The Labute approximate surface area is 218 Å². The van der Waals surface area contributed by atoms with E-state index in [0.29, 0.717) is 47.8 Å². The Morgan fingerprint density at radius 3 is 2.76 bits per heavy atom. The van der Waals surface area contributed by atoms with E-state index in [1.807, 2.05) is 20.8 Å². The molecule has 2 aliphatic heterocycles. The molecule has 1 unspecified atom stereocenters. The van der Waals surface area contributed by atoms with Crippen LogP contribution in [-0.2, 0) is 11.2 Å². The SMILES string of the molecule is CCC1=C(F)CCc2cc(O)cc(C3=C(\F)C=C(C)CC(=C(\N=C(/C)OC)N4CCCC(C)C4)/C=N\3)c21. The molecule has 5 nitrogen and oxygen atoms in total. The van der Waals surface area contributed by atoms with Crippen LogP contribution in [0.15, 0.2) is 56.8 Å². The van der Waals surface area contributed by atoms with Gasteiger partial charge in [-0.05, 0) is 79.9 Å². The molecule has 1 atom stereocenters. The molecule has 198 valence electrons. The van der Waals surface area contributed by atoms with Crippen LogP contribution in [0.1, 0.15) is 76.5 Å². The number of hydrogen-bond donors (Lipinski definition) is 1. The number of phenols is 1. The van der Waals surface area contributed by atoms with Crippen LogP contribution in [-0.4, -0.2) is 42.3 Å². The monoisotopic (exact) mass is 509 g/mol. The van der Waals surface area contributed by atoms with Gasteiger partial charge in [-0.3, -0.25) is 4.99 Å². The van der Waals surface area contributed by atoms with E-state index in [0.717, 1.165) is 42.0 Å². The van der Waals surface area contributed by atoms with Crippen LogP contribution in [0.5, 0.6) is 5.75 Å². The Morgan fingerprint density at radius 2 is 2.05 bits per heavy atom. The number of piperidine rings is 1. The largest absolute Gasteiger partial charge is 0.508 e. The molecular weight excluding hydrogens is 472 g/mol. The first kappa shape index (κ1) is 26.8. The quantitative estimate of drug-likeness (QED) is 0.338. The summed E-state index contributed by atoms with van der Waals surface area (Å²) in [7, 11) is 1.59. The first-order valence-corrected chi connectivity index (χ1v) is 13.1. The van der Waals surface area contributed by atoms with Crippen molar-refractivity contribution in [3.8, 4) is 5.75 Å². The van der Waals surface area contributed by atoms with Gasteiger partial charge in [-0.25, -0.2) is 13.8 Å². The van der Waals surface area contributed by atoms with E-state index in [1.54, 1.807) is 19.4 Å². The topological polar surface area (TPSA) is 57.4 Å². The van der Waals surface area contributed by atoms with Crippen LogP contribution in [0.2, 0.25) is 0 Å². The van der Waals surface area contributed by atoms with Gasteiger partial charge in [0, 0.05) is 43.8 Å². The number of aromatic hydroxyl groups is 1. The van der Waals surface area contributed by atoms with E-state index in [9.17, 15) is 9.50 Å². The van der Waals surface area contributed by atoms with Crippen molar-refractivity contribution in [3.05, 3.63) is 63.5 Å². The summed E-state index contributed by atoms with van der Waals surface area (Å²) in [6.07, 6.45) is 7.09. The molecule has 0 aromatic heterocycles. The highest BCUT2D eigenvalue weighted by Crippen LogP contribution is 2.42. The maximum atomic E-state index is 15.7. The van der Waals surface area contributed by atoms with Crippen molar-refractivity contribution in [1.29, 1.82) is 0 Å². The van der Waals surface area contributed by atoms with Crippen molar-refractivity contribution in [3.63, 3.8) is 0 Å². The lowest BCUT2D eigenvalue weighted by molar-refractivity contribution is 0.225. The summed E-state index contributed by atoms with van der Waals surface area (Å²) in [5.74, 6) is 1.18. The number of rotatable bonds is 4. The zero-order valence-corrected chi connectivity index (χ0v) is 22.5. The lowest BCUT2D eigenvalue weighted by Crippen LogP contribution is -2.34. The number of ether oxygens (including phenoxy) is 1. The van der Waals surface area contributed by atoms with Gasteiger partial charge in [0.25, 0.3) is 0 Å². The molecule has 1 N–H and O–H groups in total. The Kier molecular flexibility index (Phi) is 8.30. The number of aryl methyl sites for hydroxylation is 1. The minimum Gasteiger partial charge on any atom is -0.508 e. The number of halogens is 2. The second-order valence-electron chi connectivity index (χ2n) is 10.3. The molecule has 0 spiro atoms. The van der Waals surface area contributed by atoms with E-state index in [-0.39, 0.29) is 23.7 Å². The highest BCUT2D eigenvalue weighted by Gasteiger charge is 2.26. The molecule has 1 aromatic rings. The fourth-order valence-corrected chi connectivity index (χ4v) is 5.47. The van der Waals surface area contributed by atoms with Crippen molar-refractivity contribution in [1.82, 2.24) is 4.90 Å². The van der Waals surface area contributed by atoms with Crippen LogP contribution in [0.3, 0.4) is 0 Å². The lowest BCUT2D eigenvalue weighted by atomic mass is 9.84. The number of methoxy groups -OCH3 is 1. The van der Waals surface area contributed by atoms with Crippen LogP contribution < -0.4 is 0 Å². The van der Waals surface area contributed by atoms with Crippen LogP contribution in [0.25, 0.3) is 11.3 Å². The molecule has 4 rings (SSSR count). The molecule has 1 saturated heterocycles. The molecule has 0 radical (unpaired) electrons. The smallest absolute Gasteiger partial charge is 0.186 e. The number of phenolic OH excluding ortho intramolecular Hbond substituents is 1. The minimum atomic E-state index is -0.508. The van der Waals surface area contributed by atoms with Crippen molar-refractivity contribution in [2.45, 2.75) is 66.2 Å². The third-order valence-electron chi connectivity index (χ3n) is 7.28.